The van der Waals surface area contributed by atoms with Gasteiger partial charge in [0.05, 0.1) is 0 Å². The Hall–Kier alpha value is -1.02. The lowest BCUT2D eigenvalue weighted by Crippen LogP contribution is -2.46. The predicted molar refractivity (Wildman–Crippen MR) is 78.5 cm³/mol. The summed E-state index contributed by atoms with van der Waals surface area (Å²) in [5.41, 5.74) is 1.36. The fourth-order valence-corrected chi connectivity index (χ4v) is 3.72. The van der Waals surface area contributed by atoms with Crippen molar-refractivity contribution in [1.29, 1.82) is 0 Å². The van der Waals surface area contributed by atoms with Crippen LogP contribution in [0, 0.1) is 11.8 Å². The number of para-hydroxylation sites is 1. The van der Waals surface area contributed by atoms with Crippen molar-refractivity contribution in [3.8, 4) is 5.75 Å². The highest BCUT2D eigenvalue weighted by Crippen LogP contribution is 2.30. The van der Waals surface area contributed by atoms with Gasteiger partial charge in [-0.2, -0.15) is 0 Å². The predicted octanol–water partition coefficient (Wildman–Crippen LogP) is 3.40. The minimum absolute atomic E-state index is 0.318. The molecule has 3 unspecified atom stereocenters. The first kappa shape index (κ1) is 13.0. The summed E-state index contributed by atoms with van der Waals surface area (Å²) in [6.07, 6.45) is 5.50. The minimum Gasteiger partial charge on any atom is -0.488 e. The number of rotatable bonds is 3. The van der Waals surface area contributed by atoms with Crippen molar-refractivity contribution in [2.45, 2.75) is 51.7 Å². The molecule has 1 aromatic rings. The number of hydrogen-bond acceptors (Lipinski definition) is 2. The lowest BCUT2D eigenvalue weighted by molar-refractivity contribution is 0.170. The van der Waals surface area contributed by atoms with Crippen molar-refractivity contribution in [3.05, 3.63) is 29.8 Å². The zero-order chi connectivity index (χ0) is 13.2. The van der Waals surface area contributed by atoms with Crippen LogP contribution in [0.15, 0.2) is 24.3 Å². The normalized spacial score (nSPS) is 33.8. The molecule has 0 bridgehead atoms. The van der Waals surface area contributed by atoms with Crippen LogP contribution >= 0.6 is 0 Å². The SMILES string of the molecule is CC1CCCC(C)C1NCC1Cc2ccccc2O1. The Labute approximate surface area is 116 Å². The number of fused-ring (bicyclic) bond motifs is 1. The number of hydrogen-bond donors (Lipinski definition) is 1. The summed E-state index contributed by atoms with van der Waals surface area (Å²) in [6, 6.07) is 9.09. The van der Waals surface area contributed by atoms with E-state index < -0.39 is 0 Å². The van der Waals surface area contributed by atoms with Crippen LogP contribution in [0.4, 0.5) is 0 Å². The van der Waals surface area contributed by atoms with Gasteiger partial charge in [-0.3, -0.25) is 0 Å². The molecule has 1 aliphatic heterocycles. The van der Waals surface area contributed by atoms with E-state index in [1.54, 1.807) is 0 Å². The van der Waals surface area contributed by atoms with Crippen LogP contribution in [0.3, 0.4) is 0 Å². The third-order valence-electron chi connectivity index (χ3n) is 4.84. The van der Waals surface area contributed by atoms with Crippen molar-refractivity contribution in [3.63, 3.8) is 0 Å². The average molecular weight is 259 g/mol. The van der Waals surface area contributed by atoms with Crippen LogP contribution < -0.4 is 10.1 Å². The fraction of sp³-hybridized carbons (Fsp3) is 0.647. The Kier molecular flexibility index (Phi) is 3.79. The largest absolute Gasteiger partial charge is 0.488 e. The summed E-state index contributed by atoms with van der Waals surface area (Å²) in [7, 11) is 0. The first-order valence-electron chi connectivity index (χ1n) is 7.72. The van der Waals surface area contributed by atoms with E-state index >= 15 is 0 Å². The van der Waals surface area contributed by atoms with Gasteiger partial charge in [0.15, 0.2) is 0 Å². The molecule has 0 amide bonds. The third kappa shape index (κ3) is 2.79. The van der Waals surface area contributed by atoms with E-state index in [2.05, 4.69) is 43.4 Å². The monoisotopic (exact) mass is 259 g/mol. The molecule has 1 N–H and O–H groups in total. The molecule has 1 aromatic carbocycles. The molecule has 0 aromatic heterocycles. The van der Waals surface area contributed by atoms with Gasteiger partial charge < -0.3 is 10.1 Å². The molecule has 2 heteroatoms. The van der Waals surface area contributed by atoms with Gasteiger partial charge in [0.25, 0.3) is 0 Å². The molecule has 1 aliphatic carbocycles. The second-order valence-corrected chi connectivity index (χ2v) is 6.37. The van der Waals surface area contributed by atoms with Crippen LogP contribution in [0.25, 0.3) is 0 Å². The van der Waals surface area contributed by atoms with Crippen LogP contribution in [0.1, 0.15) is 38.7 Å². The maximum atomic E-state index is 6.01. The Balaban J connectivity index is 1.54. The first-order chi connectivity index (χ1) is 9.24. The highest BCUT2D eigenvalue weighted by Gasteiger charge is 2.29. The van der Waals surface area contributed by atoms with E-state index in [0.29, 0.717) is 12.1 Å². The molecule has 2 nitrogen and oxygen atoms in total. The first-order valence-corrected chi connectivity index (χ1v) is 7.72. The molecule has 19 heavy (non-hydrogen) atoms. The van der Waals surface area contributed by atoms with E-state index in [-0.39, 0.29) is 0 Å². The quantitative estimate of drug-likeness (QED) is 0.898. The summed E-state index contributed by atoms with van der Waals surface area (Å²) >= 11 is 0. The second-order valence-electron chi connectivity index (χ2n) is 6.37. The van der Waals surface area contributed by atoms with Crippen LogP contribution in [-0.4, -0.2) is 18.7 Å². The molecule has 1 fully saturated rings. The van der Waals surface area contributed by atoms with Gasteiger partial charge in [-0.25, -0.2) is 0 Å². The van der Waals surface area contributed by atoms with Crippen molar-refractivity contribution in [2.75, 3.05) is 6.54 Å². The van der Waals surface area contributed by atoms with Gasteiger partial charge in [-0.15, -0.1) is 0 Å². The lowest BCUT2D eigenvalue weighted by atomic mass is 9.78. The zero-order valence-corrected chi connectivity index (χ0v) is 12.1. The molecule has 0 radical (unpaired) electrons. The second kappa shape index (κ2) is 5.54. The van der Waals surface area contributed by atoms with E-state index in [0.717, 1.165) is 30.6 Å². The highest BCUT2D eigenvalue weighted by molar-refractivity contribution is 5.37. The minimum atomic E-state index is 0.318. The molecule has 2 aliphatic rings. The molecule has 104 valence electrons. The smallest absolute Gasteiger partial charge is 0.123 e. The van der Waals surface area contributed by atoms with Crippen molar-refractivity contribution < 1.29 is 4.74 Å². The zero-order valence-electron chi connectivity index (χ0n) is 12.1. The Morgan fingerprint density at radius 2 is 1.89 bits per heavy atom. The molecule has 0 saturated heterocycles. The summed E-state index contributed by atoms with van der Waals surface area (Å²) in [5.74, 6) is 2.68. The fourth-order valence-electron chi connectivity index (χ4n) is 3.72. The van der Waals surface area contributed by atoms with Gasteiger partial charge in [0, 0.05) is 19.0 Å². The number of nitrogens with one attached hydrogen (secondary N) is 1. The van der Waals surface area contributed by atoms with Gasteiger partial charge >= 0.3 is 0 Å². The summed E-state index contributed by atoms with van der Waals surface area (Å²) in [6.45, 7) is 5.75. The molecule has 3 rings (SSSR count). The third-order valence-corrected chi connectivity index (χ3v) is 4.84. The topological polar surface area (TPSA) is 21.3 Å². The number of ether oxygens (including phenoxy) is 1. The molecule has 0 spiro atoms. The van der Waals surface area contributed by atoms with Gasteiger partial charge in [-0.1, -0.05) is 38.5 Å². The van der Waals surface area contributed by atoms with Crippen molar-refractivity contribution in [2.24, 2.45) is 11.8 Å². The maximum Gasteiger partial charge on any atom is 0.123 e. The van der Waals surface area contributed by atoms with Gasteiger partial charge in [0.1, 0.15) is 11.9 Å². The average Bonchev–Trinajstić information content (AvgIpc) is 2.81. The van der Waals surface area contributed by atoms with E-state index in [4.69, 9.17) is 4.74 Å². The maximum absolute atomic E-state index is 6.01. The molecular formula is C17H25NO. The Morgan fingerprint density at radius 3 is 2.63 bits per heavy atom. The molecule has 3 atom stereocenters. The van der Waals surface area contributed by atoms with Gasteiger partial charge in [0.2, 0.25) is 0 Å². The number of benzene rings is 1. The van der Waals surface area contributed by atoms with Crippen LogP contribution in [0.5, 0.6) is 5.75 Å². The molecule has 1 saturated carbocycles. The Morgan fingerprint density at radius 1 is 1.16 bits per heavy atom. The Bertz CT molecular complexity index is 396. The highest BCUT2D eigenvalue weighted by atomic mass is 16.5. The molecular weight excluding hydrogens is 234 g/mol. The van der Waals surface area contributed by atoms with E-state index in [1.165, 1.54) is 24.8 Å². The summed E-state index contributed by atoms with van der Waals surface area (Å²) in [4.78, 5) is 0. The standard InChI is InChI=1S/C17H25NO/c1-12-6-5-7-13(2)17(12)18-11-15-10-14-8-3-4-9-16(14)19-15/h3-4,8-9,12-13,15,17-18H,5-7,10-11H2,1-2H3. The van der Waals surface area contributed by atoms with Crippen molar-refractivity contribution in [1.82, 2.24) is 5.32 Å². The van der Waals surface area contributed by atoms with Crippen molar-refractivity contribution >= 4 is 0 Å². The van der Waals surface area contributed by atoms with Crippen LogP contribution in [-0.2, 0) is 6.42 Å². The summed E-state index contributed by atoms with van der Waals surface area (Å²) < 4.78 is 6.01. The summed E-state index contributed by atoms with van der Waals surface area (Å²) in [5, 5.41) is 3.77. The van der Waals surface area contributed by atoms with E-state index in [9.17, 15) is 0 Å². The lowest BCUT2D eigenvalue weighted by Gasteiger charge is -2.35. The van der Waals surface area contributed by atoms with E-state index in [1.807, 2.05) is 0 Å². The van der Waals surface area contributed by atoms with Crippen LogP contribution in [0.2, 0.25) is 0 Å². The molecule has 1 heterocycles. The van der Waals surface area contributed by atoms with Gasteiger partial charge in [-0.05, 0) is 36.3 Å².